The lowest BCUT2D eigenvalue weighted by Crippen LogP contribution is -2.30. The molecule has 0 aliphatic carbocycles. The summed E-state index contributed by atoms with van der Waals surface area (Å²) in [5, 5.41) is 0. The van der Waals surface area contributed by atoms with Gasteiger partial charge in [0.1, 0.15) is 13.2 Å². The van der Waals surface area contributed by atoms with E-state index in [2.05, 4.69) is 69.4 Å². The molecule has 6 heteroatoms. The molecule has 0 fully saturated rings. The van der Waals surface area contributed by atoms with Gasteiger partial charge in [-0.1, -0.05) is 339 Å². The summed E-state index contributed by atoms with van der Waals surface area (Å²) in [5.74, 6) is -0.861. The van der Waals surface area contributed by atoms with Crippen LogP contribution in [0.15, 0.2) is 48.6 Å². The molecule has 0 saturated carbocycles. The Kier molecular flexibility index (Phi) is 67.6. The van der Waals surface area contributed by atoms with Gasteiger partial charge in [0.25, 0.3) is 0 Å². The van der Waals surface area contributed by atoms with Gasteiger partial charge in [-0.05, 0) is 83.5 Å². The standard InChI is InChI=1S/C75H138O6/c1-4-7-10-13-16-19-22-25-28-31-34-36-37-39-41-44-47-50-53-56-59-62-65-68-74(77)80-71-72(70-79-73(76)67-64-61-58-55-52-49-46-43-40-33-30-27-24-21-18-15-12-9-6-3)81-75(78)69-66-63-60-57-54-51-48-45-42-38-35-32-29-26-23-20-17-14-11-8-5-2/h18,21,27,30,32,35,40,43,72H,4-17,19-20,22-26,28-29,31,33-34,36-39,41-42,44-71H2,1-3H3/b21-18-,30-27-,35-32-,43-40-. The molecule has 0 aromatic rings. The monoisotopic (exact) mass is 1140 g/mol. The first-order valence-corrected chi connectivity index (χ1v) is 36.1. The Hall–Kier alpha value is -2.63. The number of carbonyl (C=O) groups is 3. The number of rotatable bonds is 67. The fraction of sp³-hybridized carbons (Fsp3) is 0.853. The van der Waals surface area contributed by atoms with Crippen molar-refractivity contribution in [3.05, 3.63) is 48.6 Å². The molecule has 6 nitrogen and oxygen atoms in total. The third-order valence-electron chi connectivity index (χ3n) is 16.3. The SMILES string of the molecule is CCCCC/C=C\C/C=C\C/C=C\CCCCCCCCC(=O)OCC(COC(=O)CCCCCCCCCCCCCCCCCCCCCCCCC)OC(=O)CCCCCCCCCCC/C=C\CCCCCCCCCC. The average molecular weight is 1140 g/mol. The van der Waals surface area contributed by atoms with Gasteiger partial charge in [0, 0.05) is 19.3 Å². The van der Waals surface area contributed by atoms with Crippen LogP contribution < -0.4 is 0 Å². The first-order valence-electron chi connectivity index (χ1n) is 36.1. The zero-order chi connectivity index (χ0) is 58.5. The second-order valence-electron chi connectivity index (χ2n) is 24.5. The minimum atomic E-state index is -0.780. The normalized spacial score (nSPS) is 12.3. The van der Waals surface area contributed by atoms with Crippen LogP contribution in [-0.2, 0) is 28.6 Å². The van der Waals surface area contributed by atoms with Crippen LogP contribution in [0.25, 0.3) is 0 Å². The van der Waals surface area contributed by atoms with Crippen LogP contribution in [0.1, 0.15) is 393 Å². The lowest BCUT2D eigenvalue weighted by atomic mass is 10.0. The van der Waals surface area contributed by atoms with Crippen LogP contribution in [0, 0.1) is 0 Å². The summed E-state index contributed by atoms with van der Waals surface area (Å²) in [6.45, 7) is 6.68. The van der Waals surface area contributed by atoms with Crippen LogP contribution >= 0.6 is 0 Å². The van der Waals surface area contributed by atoms with Crippen molar-refractivity contribution in [3.8, 4) is 0 Å². The number of ether oxygens (including phenoxy) is 3. The van der Waals surface area contributed by atoms with Crippen molar-refractivity contribution in [1.29, 1.82) is 0 Å². The van der Waals surface area contributed by atoms with Crippen LogP contribution in [0.5, 0.6) is 0 Å². The van der Waals surface area contributed by atoms with Crippen LogP contribution in [0.3, 0.4) is 0 Å². The zero-order valence-corrected chi connectivity index (χ0v) is 54.6. The smallest absolute Gasteiger partial charge is 0.306 e. The highest BCUT2D eigenvalue weighted by Crippen LogP contribution is 2.18. The molecular formula is C75H138O6. The number of hydrogen-bond acceptors (Lipinski definition) is 6. The highest BCUT2D eigenvalue weighted by atomic mass is 16.6. The zero-order valence-electron chi connectivity index (χ0n) is 54.6. The van der Waals surface area contributed by atoms with E-state index in [1.165, 1.54) is 276 Å². The predicted molar refractivity (Wildman–Crippen MR) is 353 cm³/mol. The Morgan fingerprint density at radius 2 is 0.444 bits per heavy atom. The van der Waals surface area contributed by atoms with E-state index in [9.17, 15) is 14.4 Å². The highest BCUT2D eigenvalue weighted by molar-refractivity contribution is 5.71. The van der Waals surface area contributed by atoms with E-state index in [4.69, 9.17) is 14.2 Å². The summed E-state index contributed by atoms with van der Waals surface area (Å²) >= 11 is 0. The first kappa shape index (κ1) is 78.4. The lowest BCUT2D eigenvalue weighted by Gasteiger charge is -2.18. The Morgan fingerprint density at radius 3 is 0.728 bits per heavy atom. The van der Waals surface area contributed by atoms with Crippen molar-refractivity contribution in [3.63, 3.8) is 0 Å². The van der Waals surface area contributed by atoms with Crippen molar-refractivity contribution < 1.29 is 28.6 Å². The number of esters is 3. The van der Waals surface area contributed by atoms with Gasteiger partial charge in [0.15, 0.2) is 6.10 Å². The Bertz CT molecular complexity index is 1400. The molecule has 0 N–H and O–H groups in total. The Morgan fingerprint density at radius 1 is 0.247 bits per heavy atom. The second-order valence-corrected chi connectivity index (χ2v) is 24.5. The maximum absolute atomic E-state index is 13.0. The maximum atomic E-state index is 13.0. The molecule has 474 valence electrons. The van der Waals surface area contributed by atoms with Crippen molar-refractivity contribution in [2.24, 2.45) is 0 Å². The van der Waals surface area contributed by atoms with Crippen LogP contribution in [-0.4, -0.2) is 37.2 Å². The van der Waals surface area contributed by atoms with Gasteiger partial charge in [-0.25, -0.2) is 0 Å². The summed E-state index contributed by atoms with van der Waals surface area (Å²) < 4.78 is 17.0. The van der Waals surface area contributed by atoms with Crippen molar-refractivity contribution in [1.82, 2.24) is 0 Å². The largest absolute Gasteiger partial charge is 0.462 e. The van der Waals surface area contributed by atoms with E-state index in [0.717, 1.165) is 77.0 Å². The number of allylic oxidation sites excluding steroid dienone is 8. The maximum Gasteiger partial charge on any atom is 0.306 e. The molecule has 0 saturated heterocycles. The minimum Gasteiger partial charge on any atom is -0.462 e. The van der Waals surface area contributed by atoms with E-state index in [1.807, 2.05) is 0 Å². The summed E-state index contributed by atoms with van der Waals surface area (Å²) in [5.41, 5.74) is 0. The number of unbranched alkanes of at least 4 members (excludes halogenated alkanes) is 48. The molecule has 0 bridgehead atoms. The highest BCUT2D eigenvalue weighted by Gasteiger charge is 2.19. The molecule has 0 aromatic heterocycles. The molecule has 0 amide bonds. The topological polar surface area (TPSA) is 78.9 Å². The Balaban J connectivity index is 4.33. The molecule has 0 aliphatic heterocycles. The summed E-state index contributed by atoms with van der Waals surface area (Å²) in [7, 11) is 0. The fourth-order valence-corrected chi connectivity index (χ4v) is 10.9. The third kappa shape index (κ3) is 68.0. The molecule has 0 spiro atoms. The van der Waals surface area contributed by atoms with Crippen LogP contribution in [0.4, 0.5) is 0 Å². The molecule has 81 heavy (non-hydrogen) atoms. The van der Waals surface area contributed by atoms with Crippen molar-refractivity contribution in [2.75, 3.05) is 13.2 Å². The molecule has 0 rings (SSSR count). The van der Waals surface area contributed by atoms with E-state index in [1.54, 1.807) is 0 Å². The molecular weight excluding hydrogens is 997 g/mol. The van der Waals surface area contributed by atoms with Gasteiger partial charge in [0.2, 0.25) is 0 Å². The summed E-state index contributed by atoms with van der Waals surface area (Å²) in [6.07, 6.45) is 88.5. The molecule has 0 aliphatic rings. The second kappa shape index (κ2) is 69.9. The molecule has 1 atom stereocenters. The fourth-order valence-electron chi connectivity index (χ4n) is 10.9. The number of carbonyl (C=O) groups excluding carboxylic acids is 3. The summed E-state index contributed by atoms with van der Waals surface area (Å²) in [4.78, 5) is 38.5. The quantitative estimate of drug-likeness (QED) is 0.0261. The van der Waals surface area contributed by atoms with Gasteiger partial charge in [-0.3, -0.25) is 14.4 Å². The van der Waals surface area contributed by atoms with Crippen LogP contribution in [0.2, 0.25) is 0 Å². The minimum absolute atomic E-state index is 0.0739. The summed E-state index contributed by atoms with van der Waals surface area (Å²) in [6, 6.07) is 0. The van der Waals surface area contributed by atoms with Gasteiger partial charge in [-0.15, -0.1) is 0 Å². The van der Waals surface area contributed by atoms with E-state index in [0.29, 0.717) is 19.3 Å². The van der Waals surface area contributed by atoms with E-state index >= 15 is 0 Å². The van der Waals surface area contributed by atoms with Crippen molar-refractivity contribution >= 4 is 17.9 Å². The molecule has 0 radical (unpaired) electrons. The average Bonchev–Trinajstić information content (AvgIpc) is 3.47. The van der Waals surface area contributed by atoms with E-state index < -0.39 is 6.10 Å². The number of hydrogen-bond donors (Lipinski definition) is 0. The molecule has 0 heterocycles. The van der Waals surface area contributed by atoms with Gasteiger partial charge in [0.05, 0.1) is 0 Å². The van der Waals surface area contributed by atoms with Gasteiger partial charge >= 0.3 is 17.9 Å². The predicted octanol–water partition coefficient (Wildman–Crippen LogP) is 24.9. The van der Waals surface area contributed by atoms with Gasteiger partial charge in [-0.2, -0.15) is 0 Å². The van der Waals surface area contributed by atoms with Crippen molar-refractivity contribution in [2.45, 2.75) is 399 Å². The molecule has 0 aromatic carbocycles. The van der Waals surface area contributed by atoms with Gasteiger partial charge < -0.3 is 14.2 Å². The Labute approximate surface area is 505 Å². The third-order valence-corrected chi connectivity index (χ3v) is 16.3. The first-order chi connectivity index (χ1) is 40.0. The van der Waals surface area contributed by atoms with E-state index in [-0.39, 0.29) is 31.1 Å². The molecule has 1 unspecified atom stereocenters. The lowest BCUT2D eigenvalue weighted by molar-refractivity contribution is -0.167.